The Morgan fingerprint density at radius 2 is 2.31 bits per heavy atom. The summed E-state index contributed by atoms with van der Waals surface area (Å²) in [6.07, 6.45) is 0. The number of methoxy groups -OCH3 is 1. The van der Waals surface area contributed by atoms with Crippen molar-refractivity contribution in [3.05, 3.63) is 41.0 Å². The normalized spacial score (nSPS) is 9.00. The molecule has 1 aromatic rings. The zero-order valence-electron chi connectivity index (χ0n) is 6.87. The standard InChI is InChI=1S/C9H6FNO2/c1-11-8-5-6(9(12)13-2)3-4-7(8)10/h3-5H,2H3. The van der Waals surface area contributed by atoms with Crippen LogP contribution >= 0.6 is 0 Å². The Labute approximate surface area is 74.6 Å². The van der Waals surface area contributed by atoms with Crippen LogP contribution in [0.5, 0.6) is 0 Å². The first-order valence-corrected chi connectivity index (χ1v) is 3.44. The first-order chi connectivity index (χ1) is 6.19. The lowest BCUT2D eigenvalue weighted by Crippen LogP contribution is -2.00. The second kappa shape index (κ2) is 3.68. The Hall–Kier alpha value is -1.89. The Kier molecular flexibility index (Phi) is 2.60. The van der Waals surface area contributed by atoms with E-state index < -0.39 is 11.8 Å². The van der Waals surface area contributed by atoms with Crippen molar-refractivity contribution < 1.29 is 13.9 Å². The van der Waals surface area contributed by atoms with E-state index >= 15 is 0 Å². The van der Waals surface area contributed by atoms with Gasteiger partial charge in [0.1, 0.15) is 5.82 Å². The van der Waals surface area contributed by atoms with Crippen molar-refractivity contribution >= 4 is 11.7 Å². The fourth-order valence-electron chi connectivity index (χ4n) is 0.843. The van der Waals surface area contributed by atoms with E-state index in [1.807, 2.05) is 0 Å². The average molecular weight is 179 g/mol. The molecule has 3 nitrogen and oxygen atoms in total. The van der Waals surface area contributed by atoms with E-state index in [4.69, 9.17) is 6.57 Å². The van der Waals surface area contributed by atoms with Gasteiger partial charge in [0, 0.05) is 5.56 Å². The van der Waals surface area contributed by atoms with Gasteiger partial charge in [-0.2, -0.15) is 0 Å². The maximum atomic E-state index is 12.8. The monoisotopic (exact) mass is 179 g/mol. The summed E-state index contributed by atoms with van der Waals surface area (Å²) < 4.78 is 17.2. The fourth-order valence-corrected chi connectivity index (χ4v) is 0.843. The van der Waals surface area contributed by atoms with Crippen LogP contribution in [0.25, 0.3) is 4.85 Å². The topological polar surface area (TPSA) is 30.7 Å². The van der Waals surface area contributed by atoms with Gasteiger partial charge in [-0.15, -0.1) is 0 Å². The summed E-state index contributed by atoms with van der Waals surface area (Å²) in [6, 6.07) is 3.50. The molecular weight excluding hydrogens is 173 g/mol. The van der Waals surface area contributed by atoms with Crippen molar-refractivity contribution in [2.75, 3.05) is 7.11 Å². The number of hydrogen-bond donors (Lipinski definition) is 0. The molecule has 0 radical (unpaired) electrons. The zero-order valence-corrected chi connectivity index (χ0v) is 6.87. The maximum absolute atomic E-state index is 12.8. The predicted octanol–water partition coefficient (Wildman–Crippen LogP) is 2.16. The number of halogens is 1. The van der Waals surface area contributed by atoms with E-state index in [-0.39, 0.29) is 11.3 Å². The molecule has 0 aliphatic rings. The number of esters is 1. The van der Waals surface area contributed by atoms with Crippen molar-refractivity contribution in [2.45, 2.75) is 0 Å². The molecule has 0 spiro atoms. The van der Waals surface area contributed by atoms with Gasteiger partial charge in [0.2, 0.25) is 5.69 Å². The Morgan fingerprint density at radius 1 is 1.62 bits per heavy atom. The third-order valence-electron chi connectivity index (χ3n) is 1.49. The lowest BCUT2D eigenvalue weighted by atomic mass is 10.2. The van der Waals surface area contributed by atoms with Crippen LogP contribution in [-0.2, 0) is 4.74 Å². The van der Waals surface area contributed by atoms with Gasteiger partial charge in [-0.3, -0.25) is 0 Å². The minimum absolute atomic E-state index is 0.176. The summed E-state index contributed by atoms with van der Waals surface area (Å²) in [5, 5.41) is 0. The van der Waals surface area contributed by atoms with Crippen LogP contribution in [0.1, 0.15) is 10.4 Å². The van der Waals surface area contributed by atoms with E-state index in [1.54, 1.807) is 0 Å². The highest BCUT2D eigenvalue weighted by atomic mass is 19.1. The molecule has 0 saturated carbocycles. The number of carbonyl (C=O) groups is 1. The van der Waals surface area contributed by atoms with Gasteiger partial charge in [0.15, 0.2) is 0 Å². The maximum Gasteiger partial charge on any atom is 0.336 e. The molecular formula is C9H6FNO2. The largest absolute Gasteiger partial charge is 0.465 e. The second-order valence-corrected chi connectivity index (χ2v) is 2.27. The van der Waals surface area contributed by atoms with Crippen LogP contribution < -0.4 is 0 Å². The number of rotatable bonds is 1. The van der Waals surface area contributed by atoms with E-state index in [0.29, 0.717) is 0 Å². The van der Waals surface area contributed by atoms with E-state index in [2.05, 4.69) is 9.58 Å². The number of benzene rings is 1. The van der Waals surface area contributed by atoms with Gasteiger partial charge in [-0.25, -0.2) is 14.0 Å². The molecule has 13 heavy (non-hydrogen) atoms. The van der Waals surface area contributed by atoms with Gasteiger partial charge in [-0.1, -0.05) is 0 Å². The highest BCUT2D eigenvalue weighted by Crippen LogP contribution is 2.19. The number of nitrogens with zero attached hydrogens (tertiary/aromatic N) is 1. The summed E-state index contributed by atoms with van der Waals surface area (Å²) >= 11 is 0. The third kappa shape index (κ3) is 1.82. The van der Waals surface area contributed by atoms with Gasteiger partial charge in [0.25, 0.3) is 0 Å². The molecule has 1 aromatic carbocycles. The molecule has 0 amide bonds. The zero-order chi connectivity index (χ0) is 9.84. The minimum Gasteiger partial charge on any atom is -0.465 e. The number of carbonyl (C=O) groups excluding carboxylic acids is 1. The van der Waals surface area contributed by atoms with E-state index in [1.165, 1.54) is 13.2 Å². The Balaban J connectivity index is 3.15. The van der Waals surface area contributed by atoms with Gasteiger partial charge >= 0.3 is 5.97 Å². The number of ether oxygens (including phenoxy) is 1. The molecule has 0 aromatic heterocycles. The molecule has 0 N–H and O–H groups in total. The van der Waals surface area contributed by atoms with Crippen LogP contribution in [0.2, 0.25) is 0 Å². The van der Waals surface area contributed by atoms with Crippen molar-refractivity contribution in [1.29, 1.82) is 0 Å². The minimum atomic E-state index is -0.636. The SMILES string of the molecule is [C-]#[N+]c1cc(C(=O)OC)ccc1F. The summed E-state index contributed by atoms with van der Waals surface area (Å²) in [5.41, 5.74) is -0.00204. The summed E-state index contributed by atoms with van der Waals surface area (Å²) in [4.78, 5) is 13.9. The van der Waals surface area contributed by atoms with Crippen molar-refractivity contribution in [3.8, 4) is 0 Å². The fraction of sp³-hybridized carbons (Fsp3) is 0.111. The van der Waals surface area contributed by atoms with Gasteiger partial charge in [0.05, 0.1) is 13.7 Å². The first-order valence-electron chi connectivity index (χ1n) is 3.44. The van der Waals surface area contributed by atoms with Crippen LogP contribution in [0.15, 0.2) is 18.2 Å². The molecule has 0 aliphatic carbocycles. The molecule has 0 aliphatic heterocycles. The summed E-state index contributed by atoms with van der Waals surface area (Å²) in [6.45, 7) is 6.61. The molecule has 66 valence electrons. The first kappa shape index (κ1) is 9.20. The quantitative estimate of drug-likeness (QED) is 0.488. The highest BCUT2D eigenvalue weighted by Gasteiger charge is 2.08. The van der Waals surface area contributed by atoms with Crippen molar-refractivity contribution in [2.24, 2.45) is 0 Å². The molecule has 1 rings (SSSR count). The van der Waals surface area contributed by atoms with Crippen molar-refractivity contribution in [1.82, 2.24) is 0 Å². The lowest BCUT2D eigenvalue weighted by Gasteiger charge is -1.99. The predicted molar refractivity (Wildman–Crippen MR) is 44.0 cm³/mol. The summed E-state index contributed by atoms with van der Waals surface area (Å²) in [5.74, 6) is -1.22. The van der Waals surface area contributed by atoms with Crippen LogP contribution in [-0.4, -0.2) is 13.1 Å². The molecule has 4 heteroatoms. The lowest BCUT2D eigenvalue weighted by molar-refractivity contribution is 0.0601. The van der Waals surface area contributed by atoms with Crippen LogP contribution in [0.4, 0.5) is 10.1 Å². The van der Waals surface area contributed by atoms with Gasteiger partial charge in [-0.05, 0) is 18.2 Å². The highest BCUT2D eigenvalue weighted by molar-refractivity contribution is 5.90. The molecule has 0 heterocycles. The third-order valence-corrected chi connectivity index (χ3v) is 1.49. The van der Waals surface area contributed by atoms with Gasteiger partial charge < -0.3 is 4.74 Å². The molecule has 0 fully saturated rings. The van der Waals surface area contributed by atoms with Crippen LogP contribution in [0.3, 0.4) is 0 Å². The second-order valence-electron chi connectivity index (χ2n) is 2.27. The Morgan fingerprint density at radius 3 is 2.85 bits per heavy atom. The molecule has 0 saturated heterocycles. The van der Waals surface area contributed by atoms with E-state index in [9.17, 15) is 9.18 Å². The molecule has 0 bridgehead atoms. The summed E-state index contributed by atoms with van der Waals surface area (Å²) in [7, 11) is 1.23. The molecule has 0 unspecified atom stereocenters. The smallest absolute Gasteiger partial charge is 0.336 e. The average Bonchev–Trinajstić information content (AvgIpc) is 2.17. The van der Waals surface area contributed by atoms with Crippen LogP contribution in [0, 0.1) is 12.4 Å². The number of hydrogen-bond acceptors (Lipinski definition) is 2. The molecule has 0 atom stereocenters. The Bertz CT molecular complexity index is 382. The van der Waals surface area contributed by atoms with E-state index in [0.717, 1.165) is 12.1 Å². The van der Waals surface area contributed by atoms with Crippen molar-refractivity contribution in [3.63, 3.8) is 0 Å².